The number of nitrogens with zero attached hydrogens (tertiary/aromatic N) is 1. The van der Waals surface area contributed by atoms with Crippen LogP contribution in [0.5, 0.6) is 0 Å². The molecule has 1 aliphatic rings. The lowest BCUT2D eigenvalue weighted by molar-refractivity contribution is -0.152. The molecule has 152 valence electrons. The van der Waals surface area contributed by atoms with Gasteiger partial charge in [-0.1, -0.05) is 54.1 Å². The van der Waals surface area contributed by atoms with Gasteiger partial charge < -0.3 is 20.7 Å². The first-order valence-electron chi connectivity index (χ1n) is 9.24. The van der Waals surface area contributed by atoms with Crippen LogP contribution in [0.1, 0.15) is 29.2 Å². The summed E-state index contributed by atoms with van der Waals surface area (Å²) < 4.78 is 5.15. The Bertz CT molecular complexity index is 918. The van der Waals surface area contributed by atoms with Crippen LogP contribution in [0.3, 0.4) is 0 Å². The quantitative estimate of drug-likeness (QED) is 0.708. The number of carbonyl (C=O) groups is 3. The van der Waals surface area contributed by atoms with Crippen molar-refractivity contribution < 1.29 is 19.1 Å². The zero-order chi connectivity index (χ0) is 20.8. The lowest BCUT2D eigenvalue weighted by atomic mass is 10.00. The highest BCUT2D eigenvalue weighted by molar-refractivity contribution is 6.31. The molecule has 3 rings (SSSR count). The highest BCUT2D eigenvalue weighted by atomic mass is 35.5. The van der Waals surface area contributed by atoms with Crippen molar-refractivity contribution in [3.05, 3.63) is 70.2 Å². The Balaban J connectivity index is 1.56. The first kappa shape index (κ1) is 20.7. The van der Waals surface area contributed by atoms with Gasteiger partial charge in [0, 0.05) is 18.1 Å². The van der Waals surface area contributed by atoms with Gasteiger partial charge in [-0.2, -0.15) is 0 Å². The van der Waals surface area contributed by atoms with Crippen molar-refractivity contribution in [2.75, 3.05) is 13.2 Å². The molecule has 0 saturated heterocycles. The maximum absolute atomic E-state index is 12.4. The van der Waals surface area contributed by atoms with E-state index in [9.17, 15) is 14.4 Å². The van der Waals surface area contributed by atoms with Gasteiger partial charge in [0.1, 0.15) is 0 Å². The maximum atomic E-state index is 12.4. The van der Waals surface area contributed by atoms with E-state index in [0.717, 1.165) is 12.0 Å². The lowest BCUT2D eigenvalue weighted by Crippen LogP contribution is -2.39. The minimum Gasteiger partial charge on any atom is -0.455 e. The summed E-state index contributed by atoms with van der Waals surface area (Å²) in [4.78, 5) is 37.7. The van der Waals surface area contributed by atoms with E-state index in [1.54, 1.807) is 29.2 Å². The van der Waals surface area contributed by atoms with Crippen molar-refractivity contribution in [2.45, 2.75) is 25.4 Å². The second-order valence-corrected chi connectivity index (χ2v) is 7.19. The fourth-order valence-electron chi connectivity index (χ4n) is 3.34. The number of hydrogen-bond donors (Lipinski definition) is 2. The van der Waals surface area contributed by atoms with E-state index in [2.05, 4.69) is 11.4 Å². The summed E-state index contributed by atoms with van der Waals surface area (Å²) in [6, 6.07) is 13.2. The third kappa shape index (κ3) is 5.48. The second-order valence-electron chi connectivity index (χ2n) is 6.78. The second kappa shape index (κ2) is 9.43. The summed E-state index contributed by atoms with van der Waals surface area (Å²) in [7, 11) is 0. The number of primary amides is 1. The number of esters is 1. The van der Waals surface area contributed by atoms with Gasteiger partial charge in [-0.15, -0.1) is 0 Å². The average molecular weight is 416 g/mol. The molecule has 0 aromatic heterocycles. The van der Waals surface area contributed by atoms with Crippen LogP contribution in [0.15, 0.2) is 48.5 Å². The molecule has 0 spiro atoms. The average Bonchev–Trinajstić information content (AvgIpc) is 2.71. The summed E-state index contributed by atoms with van der Waals surface area (Å²) in [5.41, 5.74) is 8.08. The fraction of sp³-hybridized carbons (Fsp3) is 0.286. The van der Waals surface area contributed by atoms with E-state index in [-0.39, 0.29) is 18.9 Å². The zero-order valence-electron chi connectivity index (χ0n) is 15.8. The Kier molecular flexibility index (Phi) is 6.72. The van der Waals surface area contributed by atoms with Crippen molar-refractivity contribution in [3.63, 3.8) is 0 Å². The molecule has 1 atom stereocenters. The van der Waals surface area contributed by atoms with E-state index in [0.29, 0.717) is 23.7 Å². The summed E-state index contributed by atoms with van der Waals surface area (Å²) >= 11 is 6.15. The normalized spacial score (nSPS) is 13.9. The number of amides is 3. The molecular weight excluding hydrogens is 394 g/mol. The first-order chi connectivity index (χ1) is 13.9. The van der Waals surface area contributed by atoms with Gasteiger partial charge in [-0.05, 0) is 29.2 Å². The van der Waals surface area contributed by atoms with Gasteiger partial charge in [-0.3, -0.25) is 9.59 Å². The molecule has 2 aromatic carbocycles. The van der Waals surface area contributed by atoms with Gasteiger partial charge in [-0.25, -0.2) is 4.79 Å². The highest BCUT2D eigenvalue weighted by Crippen LogP contribution is 2.25. The maximum Gasteiger partial charge on any atom is 0.312 e. The van der Waals surface area contributed by atoms with Crippen molar-refractivity contribution >= 4 is 29.5 Å². The van der Waals surface area contributed by atoms with Gasteiger partial charge >= 0.3 is 12.0 Å². The summed E-state index contributed by atoms with van der Waals surface area (Å²) in [5, 5.41) is 2.88. The standard InChI is InChI=1S/C21H22ClN3O4/c22-17-8-4-3-7-16(17)18(24-21(23)28)11-20(27)29-13-19(26)25-10-9-14-5-1-2-6-15(14)12-25/h1-8,18H,9-13H2,(H3,23,24,28)/t18-/m0/s1. The number of ether oxygens (including phenoxy) is 1. The Hall–Kier alpha value is -3.06. The number of carbonyl (C=O) groups excluding carboxylic acids is 3. The van der Waals surface area contributed by atoms with Gasteiger partial charge in [0.25, 0.3) is 5.91 Å². The third-order valence-corrected chi connectivity index (χ3v) is 5.15. The molecule has 3 N–H and O–H groups in total. The first-order valence-corrected chi connectivity index (χ1v) is 9.62. The van der Waals surface area contributed by atoms with Crippen LogP contribution < -0.4 is 11.1 Å². The number of nitrogens with one attached hydrogen (secondary N) is 1. The summed E-state index contributed by atoms with van der Waals surface area (Å²) in [6.45, 7) is 0.726. The number of benzene rings is 2. The van der Waals surface area contributed by atoms with Crippen LogP contribution in [0.2, 0.25) is 5.02 Å². The van der Waals surface area contributed by atoms with Crippen LogP contribution in [0.4, 0.5) is 4.79 Å². The topological polar surface area (TPSA) is 102 Å². The smallest absolute Gasteiger partial charge is 0.312 e. The Morgan fingerprint density at radius 1 is 1.10 bits per heavy atom. The minimum absolute atomic E-state index is 0.192. The summed E-state index contributed by atoms with van der Waals surface area (Å²) in [6.07, 6.45) is 0.579. The molecule has 0 aliphatic carbocycles. The van der Waals surface area contributed by atoms with Gasteiger partial charge in [0.15, 0.2) is 6.61 Å². The molecule has 0 radical (unpaired) electrons. The molecule has 0 fully saturated rings. The van der Waals surface area contributed by atoms with Gasteiger partial charge in [0.2, 0.25) is 0 Å². The Morgan fingerprint density at radius 2 is 1.79 bits per heavy atom. The predicted octanol–water partition coefficient (Wildman–Crippen LogP) is 2.57. The molecule has 0 unspecified atom stereocenters. The number of urea groups is 1. The Labute approximate surface area is 173 Å². The van der Waals surface area contributed by atoms with Crippen molar-refractivity contribution in [3.8, 4) is 0 Å². The molecule has 0 bridgehead atoms. The monoisotopic (exact) mass is 415 g/mol. The predicted molar refractivity (Wildman–Crippen MR) is 108 cm³/mol. The van der Waals surface area contributed by atoms with Crippen molar-refractivity contribution in [2.24, 2.45) is 5.73 Å². The third-order valence-electron chi connectivity index (χ3n) is 4.81. The molecule has 1 aliphatic heterocycles. The van der Waals surface area contributed by atoms with Crippen LogP contribution in [0, 0.1) is 0 Å². The molecule has 2 aromatic rings. The Morgan fingerprint density at radius 3 is 2.52 bits per heavy atom. The van der Waals surface area contributed by atoms with Crippen LogP contribution in [-0.2, 0) is 27.3 Å². The van der Waals surface area contributed by atoms with Crippen LogP contribution >= 0.6 is 11.6 Å². The summed E-state index contributed by atoms with van der Waals surface area (Å²) in [5.74, 6) is -0.889. The van der Waals surface area contributed by atoms with Crippen LogP contribution in [-0.4, -0.2) is 36.0 Å². The number of rotatable bonds is 6. The number of halogens is 1. The van der Waals surface area contributed by atoms with Crippen molar-refractivity contribution in [1.82, 2.24) is 10.2 Å². The van der Waals surface area contributed by atoms with E-state index < -0.39 is 18.0 Å². The number of hydrogen-bond acceptors (Lipinski definition) is 4. The molecule has 0 saturated carbocycles. The largest absolute Gasteiger partial charge is 0.455 e. The number of nitrogens with two attached hydrogens (primary N) is 1. The minimum atomic E-state index is -0.786. The van der Waals surface area contributed by atoms with Gasteiger partial charge in [0.05, 0.1) is 12.5 Å². The van der Waals surface area contributed by atoms with E-state index in [1.165, 1.54) is 5.56 Å². The molecule has 8 heteroatoms. The fourth-order valence-corrected chi connectivity index (χ4v) is 3.60. The van der Waals surface area contributed by atoms with E-state index in [4.69, 9.17) is 22.1 Å². The number of fused-ring (bicyclic) bond motifs is 1. The van der Waals surface area contributed by atoms with Crippen LogP contribution in [0.25, 0.3) is 0 Å². The molecule has 29 heavy (non-hydrogen) atoms. The molecule has 3 amide bonds. The van der Waals surface area contributed by atoms with E-state index in [1.807, 2.05) is 18.2 Å². The molecular formula is C21H22ClN3O4. The van der Waals surface area contributed by atoms with Crippen molar-refractivity contribution in [1.29, 1.82) is 0 Å². The van der Waals surface area contributed by atoms with E-state index >= 15 is 0 Å². The SMILES string of the molecule is NC(=O)N[C@@H](CC(=O)OCC(=O)N1CCc2ccccc2C1)c1ccccc1Cl. The molecule has 1 heterocycles. The zero-order valence-corrected chi connectivity index (χ0v) is 16.5. The lowest BCUT2D eigenvalue weighted by Gasteiger charge is -2.28. The highest BCUT2D eigenvalue weighted by Gasteiger charge is 2.24. The molecule has 7 nitrogen and oxygen atoms in total.